The second kappa shape index (κ2) is 5.23. The molecule has 128 valence electrons. The van der Waals surface area contributed by atoms with Gasteiger partial charge in [0.05, 0.1) is 10.6 Å². The first-order valence-electron chi connectivity index (χ1n) is 7.93. The van der Waals surface area contributed by atoms with Crippen LogP contribution in [0.4, 0.5) is 0 Å². The Balaban J connectivity index is 2.46. The molecule has 0 unspecified atom stereocenters. The van der Waals surface area contributed by atoms with Crippen LogP contribution in [0.1, 0.15) is 12.5 Å². The molecule has 6 heteroatoms. The molecule has 6 nitrogen and oxygen atoms in total. The number of aromatic hydroxyl groups is 1. The number of rotatable bonds is 1. The van der Waals surface area contributed by atoms with Crippen molar-refractivity contribution >= 4 is 27.5 Å². The van der Waals surface area contributed by atoms with E-state index in [0.29, 0.717) is 10.9 Å². The smallest absolute Gasteiger partial charge is 0.308 e. The Morgan fingerprint density at radius 1 is 1.04 bits per heavy atom. The molecule has 0 radical (unpaired) electrons. The van der Waals surface area contributed by atoms with Gasteiger partial charge < -0.3 is 9.84 Å². The van der Waals surface area contributed by atoms with E-state index in [1.807, 2.05) is 0 Å². The molecule has 26 heavy (non-hydrogen) atoms. The monoisotopic (exact) mass is 348 g/mol. The van der Waals surface area contributed by atoms with E-state index in [9.17, 15) is 19.5 Å². The van der Waals surface area contributed by atoms with Gasteiger partial charge in [0.25, 0.3) is 10.8 Å². The van der Waals surface area contributed by atoms with Gasteiger partial charge in [0.2, 0.25) is 0 Å². The summed E-state index contributed by atoms with van der Waals surface area (Å²) >= 11 is 0. The maximum absolute atomic E-state index is 13.0. The van der Waals surface area contributed by atoms with Crippen LogP contribution in [0, 0.1) is 17.4 Å². The fraction of sp³-hybridized carbons (Fsp3) is 0.100. The Labute approximate surface area is 145 Å². The molecule has 0 amide bonds. The normalized spacial score (nSPS) is 11.5. The van der Waals surface area contributed by atoms with Crippen molar-refractivity contribution in [1.29, 1.82) is 0 Å². The number of phenols is 1. The number of aryl methyl sites for hydroxylation is 1. The molecule has 2 aliphatic rings. The van der Waals surface area contributed by atoms with Gasteiger partial charge in [-0.1, -0.05) is 12.1 Å². The number of carbonyl (C=O) groups is 1. The Kier molecular flexibility index (Phi) is 3.21. The van der Waals surface area contributed by atoms with Crippen molar-refractivity contribution in [1.82, 2.24) is 0 Å². The van der Waals surface area contributed by atoms with Crippen LogP contribution < -0.4 is 26.4 Å². The second-order valence-corrected chi connectivity index (χ2v) is 6.30. The third-order valence-corrected chi connectivity index (χ3v) is 4.53. The van der Waals surface area contributed by atoms with Crippen LogP contribution in [0.25, 0.3) is 21.5 Å². The summed E-state index contributed by atoms with van der Waals surface area (Å²) in [7, 11) is 0. The maximum atomic E-state index is 13.0. The molecule has 4 rings (SSSR count). The van der Waals surface area contributed by atoms with Crippen LogP contribution >= 0.6 is 0 Å². The number of carbonyl (C=O) groups excluding carboxylic acids is 1. The lowest BCUT2D eigenvalue weighted by Gasteiger charge is -2.03. The summed E-state index contributed by atoms with van der Waals surface area (Å²) < 4.78 is 5.19. The van der Waals surface area contributed by atoms with Crippen molar-refractivity contribution in [2.24, 2.45) is 0 Å². The summed E-state index contributed by atoms with van der Waals surface area (Å²) in [5.74, 6) is -0.582. The molecule has 0 fully saturated rings. The molecule has 2 aliphatic carbocycles. The molecule has 0 spiro atoms. The molecule has 0 aliphatic heterocycles. The summed E-state index contributed by atoms with van der Waals surface area (Å²) in [6.07, 6.45) is 0. The van der Waals surface area contributed by atoms with E-state index < -0.39 is 16.8 Å². The molecule has 0 saturated heterocycles. The van der Waals surface area contributed by atoms with Gasteiger partial charge in [-0.15, -0.1) is 0 Å². The number of esters is 1. The third kappa shape index (κ3) is 1.99. The SMILES string of the molecule is CC(=O)Oc1cccc2c(=O)c3c4c(O)cc(C)cc4c(=[NH2+])c(=O)c=3c12. The largest absolute Gasteiger partial charge is 0.507 e. The number of hydrogen-bond acceptors (Lipinski definition) is 5. The first kappa shape index (κ1) is 16.0. The Morgan fingerprint density at radius 2 is 1.73 bits per heavy atom. The molecule has 0 aromatic heterocycles. The van der Waals surface area contributed by atoms with Gasteiger partial charge in [-0.05, 0) is 30.7 Å². The van der Waals surface area contributed by atoms with E-state index in [1.165, 1.54) is 19.1 Å². The molecule has 0 saturated carbocycles. The summed E-state index contributed by atoms with van der Waals surface area (Å²) in [6.45, 7) is 2.99. The molecule has 2 aromatic rings. The fourth-order valence-electron chi connectivity index (χ4n) is 3.56. The van der Waals surface area contributed by atoms with E-state index in [-0.39, 0.29) is 43.5 Å². The zero-order chi connectivity index (χ0) is 18.7. The highest BCUT2D eigenvalue weighted by molar-refractivity contribution is 5.97. The molecule has 0 heterocycles. The predicted octanol–water partition coefficient (Wildman–Crippen LogP) is -0.0871. The van der Waals surface area contributed by atoms with Crippen molar-refractivity contribution in [2.75, 3.05) is 0 Å². The summed E-state index contributed by atoms with van der Waals surface area (Å²) in [5, 5.41) is 17.6. The molecule has 3 N–H and O–H groups in total. The van der Waals surface area contributed by atoms with E-state index >= 15 is 0 Å². The topological polar surface area (TPSA) is 106 Å². The Bertz CT molecular complexity index is 1460. The average molecular weight is 348 g/mol. The van der Waals surface area contributed by atoms with E-state index in [2.05, 4.69) is 0 Å². The Hall–Kier alpha value is -3.54. The molecule has 2 aromatic carbocycles. The number of fused-ring (bicyclic) bond motifs is 4. The van der Waals surface area contributed by atoms with E-state index in [1.54, 1.807) is 25.1 Å². The first-order chi connectivity index (χ1) is 12.3. The minimum absolute atomic E-state index is 0.0592. The second-order valence-electron chi connectivity index (χ2n) is 6.30. The number of nitrogens with two attached hydrogens (primary N) is 1. The minimum Gasteiger partial charge on any atom is -0.507 e. The van der Waals surface area contributed by atoms with Gasteiger partial charge in [0, 0.05) is 28.3 Å². The number of hydrogen-bond donors (Lipinski definition) is 2. The summed E-state index contributed by atoms with van der Waals surface area (Å²) in [6, 6.07) is 7.81. The zero-order valence-electron chi connectivity index (χ0n) is 14.0. The molecule has 0 bridgehead atoms. The van der Waals surface area contributed by atoms with Gasteiger partial charge in [-0.2, -0.15) is 0 Å². The fourth-order valence-corrected chi connectivity index (χ4v) is 3.56. The molecule has 0 atom stereocenters. The first-order valence-corrected chi connectivity index (χ1v) is 7.93. The summed E-state index contributed by atoms with van der Waals surface area (Å²) in [4.78, 5) is 37.4. The van der Waals surface area contributed by atoms with Crippen molar-refractivity contribution in [2.45, 2.75) is 13.8 Å². The van der Waals surface area contributed by atoms with Gasteiger partial charge >= 0.3 is 5.97 Å². The van der Waals surface area contributed by atoms with Gasteiger partial charge in [0.1, 0.15) is 11.5 Å². The zero-order valence-corrected chi connectivity index (χ0v) is 14.0. The highest BCUT2D eigenvalue weighted by Crippen LogP contribution is 2.30. The molecular weight excluding hydrogens is 334 g/mol. The number of benzene rings is 2. The average Bonchev–Trinajstić information content (AvgIpc) is 2.86. The highest BCUT2D eigenvalue weighted by atomic mass is 16.5. The van der Waals surface area contributed by atoms with Crippen molar-refractivity contribution < 1.29 is 20.0 Å². The third-order valence-electron chi connectivity index (χ3n) is 4.53. The maximum Gasteiger partial charge on any atom is 0.308 e. The minimum atomic E-state index is -0.570. The van der Waals surface area contributed by atoms with Crippen molar-refractivity contribution in [3.05, 3.63) is 72.1 Å². The lowest BCUT2D eigenvalue weighted by Crippen LogP contribution is -2.54. The lowest BCUT2D eigenvalue weighted by molar-refractivity contribution is -0.171. The summed E-state index contributed by atoms with van der Waals surface area (Å²) in [5.41, 5.74) is -0.223. The van der Waals surface area contributed by atoms with E-state index in [4.69, 9.17) is 10.1 Å². The van der Waals surface area contributed by atoms with Crippen LogP contribution in [0.2, 0.25) is 0 Å². The molecular formula is C20H14NO5+. The van der Waals surface area contributed by atoms with Crippen molar-refractivity contribution in [3.8, 4) is 11.5 Å². The van der Waals surface area contributed by atoms with Crippen LogP contribution in [-0.4, -0.2) is 11.1 Å². The van der Waals surface area contributed by atoms with E-state index in [0.717, 1.165) is 0 Å². The predicted molar refractivity (Wildman–Crippen MR) is 94.4 cm³/mol. The van der Waals surface area contributed by atoms with Crippen LogP contribution in [0.15, 0.2) is 39.9 Å². The van der Waals surface area contributed by atoms with Gasteiger partial charge in [-0.25, -0.2) is 0 Å². The lowest BCUT2D eigenvalue weighted by atomic mass is 10.0. The number of phenolic OH excluding ortho intramolecular Hbond substituents is 1. The van der Waals surface area contributed by atoms with Crippen molar-refractivity contribution in [3.63, 3.8) is 0 Å². The Morgan fingerprint density at radius 3 is 2.42 bits per heavy atom. The van der Waals surface area contributed by atoms with Crippen LogP contribution in [0.5, 0.6) is 11.5 Å². The highest BCUT2D eigenvalue weighted by Gasteiger charge is 2.21. The standard InChI is InChI=1S/C20H13NO5/c1-8-6-11-14(12(23)7-8)16-17(20(25)18(11)21)15-10(19(16)24)4-3-5-13(15)26-9(2)22/h3-7,21,23H,1-2H3/p+1. The van der Waals surface area contributed by atoms with Crippen LogP contribution in [0.3, 0.4) is 0 Å². The van der Waals surface area contributed by atoms with Crippen LogP contribution in [-0.2, 0) is 4.79 Å². The number of ether oxygens (including phenoxy) is 1. The van der Waals surface area contributed by atoms with Gasteiger partial charge in [-0.3, -0.25) is 19.8 Å². The van der Waals surface area contributed by atoms with Gasteiger partial charge in [0.15, 0.2) is 5.43 Å². The quantitative estimate of drug-likeness (QED) is 0.369.